The van der Waals surface area contributed by atoms with Crippen LogP contribution >= 0.6 is 0 Å². The molecule has 0 radical (unpaired) electrons. The van der Waals surface area contributed by atoms with E-state index < -0.39 is 0 Å². The molecule has 4 heteroatoms. The lowest BCUT2D eigenvalue weighted by molar-refractivity contribution is -0.158. The summed E-state index contributed by atoms with van der Waals surface area (Å²) in [4.78, 5) is 15.6. The van der Waals surface area contributed by atoms with Gasteiger partial charge in [0.25, 0.3) is 0 Å². The zero-order valence-electron chi connectivity index (χ0n) is 14.3. The lowest BCUT2D eigenvalue weighted by Gasteiger charge is -2.62. The minimum absolute atomic E-state index is 0.0309. The summed E-state index contributed by atoms with van der Waals surface area (Å²) in [6, 6.07) is 9.43. The average Bonchev–Trinajstić information content (AvgIpc) is 2.96. The molecular formula is C20H24N2O2. The quantitative estimate of drug-likeness (QED) is 0.637. The van der Waals surface area contributed by atoms with Crippen molar-refractivity contribution in [1.29, 1.82) is 0 Å². The summed E-state index contributed by atoms with van der Waals surface area (Å²) in [6.07, 6.45) is 4.33. The van der Waals surface area contributed by atoms with Crippen LogP contribution in [0.15, 0.2) is 35.9 Å². The second-order valence-corrected chi connectivity index (χ2v) is 7.70. The number of para-hydroxylation sites is 1. The van der Waals surface area contributed by atoms with Gasteiger partial charge < -0.3 is 10.1 Å². The fourth-order valence-corrected chi connectivity index (χ4v) is 6.19. The number of methoxy groups -OCH3 is 1. The van der Waals surface area contributed by atoms with Crippen molar-refractivity contribution in [2.75, 3.05) is 25.5 Å². The number of benzene rings is 1. The maximum Gasteiger partial charge on any atom is 0.310 e. The molecule has 0 aromatic heterocycles. The molecule has 3 fully saturated rings. The minimum Gasteiger partial charge on any atom is -0.469 e. The standard InChI is InChI=1S/C20H24N2O2/c1-3-12-11-22-9-8-20-14-6-4-5-7-15(14)21-18(20)16(22)10-13(12)17(20)19(23)24-2/h3-7,13,16-18,21H,8-11H2,1-2H3/b12-3-/t13-,16-,17?,18+,20-/m0/s1. The third-order valence-electron chi connectivity index (χ3n) is 7.10. The summed E-state index contributed by atoms with van der Waals surface area (Å²) in [5.74, 6) is 0.207. The number of nitrogens with one attached hydrogen (secondary N) is 1. The van der Waals surface area contributed by atoms with E-state index in [-0.39, 0.29) is 17.3 Å². The molecule has 1 N–H and O–H groups in total. The summed E-state index contributed by atoms with van der Waals surface area (Å²) < 4.78 is 5.33. The number of anilines is 1. The number of allylic oxidation sites excluding steroid dienone is 1. The largest absolute Gasteiger partial charge is 0.469 e. The first-order valence-electron chi connectivity index (χ1n) is 9.03. The first-order chi connectivity index (χ1) is 11.7. The minimum atomic E-state index is -0.123. The number of nitrogens with zero attached hydrogens (tertiary/aromatic N) is 1. The summed E-state index contributed by atoms with van der Waals surface area (Å²) in [6.45, 7) is 4.18. The topological polar surface area (TPSA) is 41.6 Å². The average molecular weight is 324 g/mol. The van der Waals surface area contributed by atoms with Gasteiger partial charge in [-0.1, -0.05) is 29.8 Å². The van der Waals surface area contributed by atoms with Gasteiger partial charge in [0.15, 0.2) is 0 Å². The van der Waals surface area contributed by atoms with Crippen molar-refractivity contribution in [3.8, 4) is 0 Å². The molecule has 5 atom stereocenters. The van der Waals surface area contributed by atoms with Crippen LogP contribution in [0.1, 0.15) is 25.3 Å². The van der Waals surface area contributed by atoms with Gasteiger partial charge in [-0.3, -0.25) is 9.69 Å². The highest BCUT2D eigenvalue weighted by Crippen LogP contribution is 2.61. The number of carbonyl (C=O) groups is 1. The van der Waals surface area contributed by atoms with E-state index in [9.17, 15) is 4.79 Å². The molecule has 24 heavy (non-hydrogen) atoms. The molecule has 1 aliphatic carbocycles. The van der Waals surface area contributed by atoms with Gasteiger partial charge in [-0.15, -0.1) is 0 Å². The highest BCUT2D eigenvalue weighted by molar-refractivity contribution is 5.80. The van der Waals surface area contributed by atoms with Crippen LogP contribution in [-0.4, -0.2) is 43.2 Å². The van der Waals surface area contributed by atoms with E-state index in [1.807, 2.05) is 0 Å². The van der Waals surface area contributed by atoms with E-state index in [0.717, 1.165) is 25.9 Å². The zero-order chi connectivity index (χ0) is 16.5. The van der Waals surface area contributed by atoms with E-state index in [4.69, 9.17) is 4.74 Å². The number of hydrogen-bond donors (Lipinski definition) is 1. The molecule has 5 rings (SSSR count). The fourth-order valence-electron chi connectivity index (χ4n) is 6.19. The Bertz CT molecular complexity index is 743. The van der Waals surface area contributed by atoms with Crippen LogP contribution in [0, 0.1) is 11.8 Å². The second kappa shape index (κ2) is 4.85. The van der Waals surface area contributed by atoms with Gasteiger partial charge in [-0.25, -0.2) is 0 Å². The van der Waals surface area contributed by atoms with Gasteiger partial charge >= 0.3 is 5.97 Å². The molecule has 1 aromatic carbocycles. The van der Waals surface area contributed by atoms with Crippen molar-refractivity contribution in [1.82, 2.24) is 4.90 Å². The Kier molecular flexibility index (Phi) is 2.94. The molecule has 2 saturated heterocycles. The van der Waals surface area contributed by atoms with E-state index in [1.165, 1.54) is 16.8 Å². The Hall–Kier alpha value is -1.81. The normalized spacial score (nSPS) is 40.8. The molecule has 4 aliphatic rings. The molecule has 0 amide bonds. The van der Waals surface area contributed by atoms with Crippen LogP contribution in [0.3, 0.4) is 0 Å². The first kappa shape index (κ1) is 14.5. The highest BCUT2D eigenvalue weighted by atomic mass is 16.5. The maximum absolute atomic E-state index is 13.0. The summed E-state index contributed by atoms with van der Waals surface area (Å²) in [7, 11) is 1.54. The van der Waals surface area contributed by atoms with Crippen molar-refractivity contribution in [2.24, 2.45) is 11.8 Å². The van der Waals surface area contributed by atoms with Crippen LogP contribution in [0.25, 0.3) is 0 Å². The third-order valence-corrected chi connectivity index (χ3v) is 7.10. The van der Waals surface area contributed by atoms with E-state index in [0.29, 0.717) is 18.0 Å². The Morgan fingerprint density at radius 1 is 1.42 bits per heavy atom. The van der Waals surface area contributed by atoms with Crippen LogP contribution in [0.2, 0.25) is 0 Å². The first-order valence-corrected chi connectivity index (χ1v) is 9.03. The van der Waals surface area contributed by atoms with Crippen LogP contribution in [-0.2, 0) is 14.9 Å². The predicted molar refractivity (Wildman–Crippen MR) is 92.9 cm³/mol. The molecule has 126 valence electrons. The van der Waals surface area contributed by atoms with Crippen molar-refractivity contribution in [2.45, 2.75) is 37.3 Å². The van der Waals surface area contributed by atoms with Gasteiger partial charge in [0.1, 0.15) is 0 Å². The maximum atomic E-state index is 13.0. The van der Waals surface area contributed by atoms with Crippen LogP contribution < -0.4 is 5.32 Å². The lowest BCUT2D eigenvalue weighted by Crippen LogP contribution is -2.71. The number of fused-ring (bicyclic) bond motifs is 2. The van der Waals surface area contributed by atoms with Gasteiger partial charge in [-0.2, -0.15) is 0 Å². The summed E-state index contributed by atoms with van der Waals surface area (Å²) in [5.41, 5.74) is 3.84. The van der Waals surface area contributed by atoms with E-state index in [1.54, 1.807) is 7.11 Å². The van der Waals surface area contributed by atoms with Crippen molar-refractivity contribution < 1.29 is 9.53 Å². The molecular weight excluding hydrogens is 300 g/mol. The molecule has 1 aromatic rings. The predicted octanol–water partition coefficient (Wildman–Crippen LogP) is 2.56. The van der Waals surface area contributed by atoms with Gasteiger partial charge in [0.2, 0.25) is 0 Å². The van der Waals surface area contributed by atoms with Gasteiger partial charge in [0, 0.05) is 23.7 Å². The molecule has 3 bridgehead atoms. The van der Waals surface area contributed by atoms with E-state index >= 15 is 0 Å². The third kappa shape index (κ3) is 1.55. The Morgan fingerprint density at radius 3 is 3.04 bits per heavy atom. The Labute approximate surface area is 142 Å². The lowest BCUT2D eigenvalue weighted by atomic mass is 9.50. The highest BCUT2D eigenvalue weighted by Gasteiger charge is 2.67. The van der Waals surface area contributed by atoms with Gasteiger partial charge in [0.05, 0.1) is 19.1 Å². The molecule has 1 unspecified atom stereocenters. The number of hydrogen-bond acceptors (Lipinski definition) is 4. The number of piperidine rings is 2. The van der Waals surface area contributed by atoms with Crippen LogP contribution in [0.5, 0.6) is 0 Å². The fraction of sp³-hybridized carbons (Fsp3) is 0.550. The van der Waals surface area contributed by atoms with Crippen molar-refractivity contribution in [3.05, 3.63) is 41.5 Å². The van der Waals surface area contributed by atoms with E-state index in [2.05, 4.69) is 47.5 Å². The van der Waals surface area contributed by atoms with Crippen LogP contribution in [0.4, 0.5) is 5.69 Å². The molecule has 1 saturated carbocycles. The smallest absolute Gasteiger partial charge is 0.310 e. The van der Waals surface area contributed by atoms with Gasteiger partial charge in [-0.05, 0) is 43.9 Å². The Balaban J connectivity index is 1.76. The number of carbonyl (C=O) groups excluding carboxylic acids is 1. The SMILES string of the molecule is C/C=C1/CN2CC[C@@]34c5ccccc5N[C@@H]3[C@@H]2C[C@@H]1C4C(=O)OC. The van der Waals surface area contributed by atoms with Crippen molar-refractivity contribution >= 4 is 11.7 Å². The summed E-state index contributed by atoms with van der Waals surface area (Å²) in [5, 5.41) is 3.79. The molecule has 4 nitrogen and oxygen atoms in total. The monoisotopic (exact) mass is 324 g/mol. The van der Waals surface area contributed by atoms with Crippen molar-refractivity contribution in [3.63, 3.8) is 0 Å². The molecule has 3 aliphatic heterocycles. The molecule has 0 spiro atoms. The number of rotatable bonds is 1. The number of ether oxygens (including phenoxy) is 1. The summed E-state index contributed by atoms with van der Waals surface area (Å²) >= 11 is 0. The number of esters is 1. The Morgan fingerprint density at radius 2 is 2.25 bits per heavy atom. The zero-order valence-corrected chi connectivity index (χ0v) is 14.3. The second-order valence-electron chi connectivity index (χ2n) is 7.70. The molecule has 3 heterocycles.